The second kappa shape index (κ2) is 5.88. The number of nitrogens with two attached hydrogens (primary N) is 1. The van der Waals surface area contributed by atoms with E-state index in [4.69, 9.17) is 17.3 Å². The van der Waals surface area contributed by atoms with Crippen molar-refractivity contribution in [2.75, 3.05) is 5.32 Å². The standard InChI is InChI=1S/C15H12ClN3O4S/c1-6(20)18-15-12(14(17)21)8-3-2-7-4-10(16)11(19(22)23)5-9(7)13(8)24-15/h4-5H,2-3H2,1H3,(H2,17,21)(H,18,20). The second-order valence-corrected chi connectivity index (χ2v) is 6.80. The Morgan fingerprint density at radius 3 is 2.67 bits per heavy atom. The van der Waals surface area contributed by atoms with Crippen LogP contribution in [0.5, 0.6) is 0 Å². The first-order valence-corrected chi connectivity index (χ1v) is 8.19. The number of thiophene rings is 1. The van der Waals surface area contributed by atoms with Gasteiger partial charge in [-0.15, -0.1) is 11.3 Å². The molecule has 9 heteroatoms. The SMILES string of the molecule is CC(=O)Nc1sc2c(c1C(N)=O)CCc1cc(Cl)c([N+](=O)[O-])cc1-2. The van der Waals surface area contributed by atoms with E-state index >= 15 is 0 Å². The fourth-order valence-electron chi connectivity index (χ4n) is 2.85. The molecular formula is C15H12ClN3O4S. The molecule has 0 fully saturated rings. The number of fused-ring (bicyclic) bond motifs is 3. The van der Waals surface area contributed by atoms with Crippen LogP contribution in [0, 0.1) is 10.1 Å². The third kappa shape index (κ3) is 2.63. The van der Waals surface area contributed by atoms with Crippen LogP contribution < -0.4 is 11.1 Å². The van der Waals surface area contributed by atoms with Crippen LogP contribution in [-0.2, 0) is 17.6 Å². The summed E-state index contributed by atoms with van der Waals surface area (Å²) in [6.07, 6.45) is 1.13. The van der Waals surface area contributed by atoms with Gasteiger partial charge in [0.05, 0.1) is 10.5 Å². The number of nitrogens with zero attached hydrogens (tertiary/aromatic N) is 1. The molecule has 124 valence electrons. The number of hydrogen-bond donors (Lipinski definition) is 2. The molecule has 1 heterocycles. The number of carbonyl (C=O) groups is 2. The summed E-state index contributed by atoms with van der Waals surface area (Å²) in [7, 11) is 0. The number of benzene rings is 1. The molecule has 1 aliphatic rings. The summed E-state index contributed by atoms with van der Waals surface area (Å²) in [6.45, 7) is 1.34. The van der Waals surface area contributed by atoms with Gasteiger partial charge in [-0.05, 0) is 30.0 Å². The van der Waals surface area contributed by atoms with Crippen LogP contribution >= 0.6 is 22.9 Å². The normalized spacial score (nSPS) is 12.2. The lowest BCUT2D eigenvalue weighted by molar-refractivity contribution is -0.384. The van der Waals surface area contributed by atoms with E-state index in [1.165, 1.54) is 24.3 Å². The third-order valence-corrected chi connectivity index (χ3v) is 5.28. The van der Waals surface area contributed by atoms with Gasteiger partial charge < -0.3 is 11.1 Å². The lowest BCUT2D eigenvalue weighted by atomic mass is 9.89. The Kier molecular flexibility index (Phi) is 4.02. The first-order chi connectivity index (χ1) is 11.3. The molecule has 0 spiro atoms. The van der Waals surface area contributed by atoms with Gasteiger partial charge in [0.2, 0.25) is 5.91 Å². The number of primary amides is 1. The summed E-state index contributed by atoms with van der Waals surface area (Å²) in [5, 5.41) is 14.2. The van der Waals surface area contributed by atoms with E-state index < -0.39 is 10.8 Å². The second-order valence-electron chi connectivity index (χ2n) is 5.38. The van der Waals surface area contributed by atoms with Gasteiger partial charge in [0, 0.05) is 23.4 Å². The van der Waals surface area contributed by atoms with Gasteiger partial charge in [-0.2, -0.15) is 0 Å². The molecule has 2 aromatic rings. The Morgan fingerprint density at radius 2 is 2.08 bits per heavy atom. The Morgan fingerprint density at radius 1 is 1.38 bits per heavy atom. The highest BCUT2D eigenvalue weighted by Crippen LogP contribution is 2.47. The van der Waals surface area contributed by atoms with Crippen LogP contribution in [0.25, 0.3) is 10.4 Å². The largest absolute Gasteiger partial charge is 0.365 e. The maximum absolute atomic E-state index is 11.8. The fourth-order valence-corrected chi connectivity index (χ4v) is 4.46. The van der Waals surface area contributed by atoms with Crippen LogP contribution in [0.4, 0.5) is 10.7 Å². The zero-order valence-electron chi connectivity index (χ0n) is 12.5. The van der Waals surface area contributed by atoms with Crippen molar-refractivity contribution in [1.29, 1.82) is 0 Å². The minimum Gasteiger partial charge on any atom is -0.365 e. The predicted molar refractivity (Wildman–Crippen MR) is 91.6 cm³/mol. The maximum Gasteiger partial charge on any atom is 0.288 e. The highest BCUT2D eigenvalue weighted by Gasteiger charge is 2.29. The number of anilines is 1. The number of halogens is 1. The monoisotopic (exact) mass is 365 g/mol. The van der Waals surface area contributed by atoms with Crippen LogP contribution in [0.1, 0.15) is 28.4 Å². The van der Waals surface area contributed by atoms with Crippen LogP contribution in [0.2, 0.25) is 5.02 Å². The fraction of sp³-hybridized carbons (Fsp3) is 0.200. The summed E-state index contributed by atoms with van der Waals surface area (Å²) in [4.78, 5) is 34.5. The molecule has 2 amide bonds. The number of nitro benzene ring substituents is 1. The molecule has 7 nitrogen and oxygen atoms in total. The minimum atomic E-state index is -0.636. The summed E-state index contributed by atoms with van der Waals surface area (Å²) in [5.41, 5.74) is 7.77. The highest BCUT2D eigenvalue weighted by molar-refractivity contribution is 7.20. The minimum absolute atomic E-state index is 0.0796. The Balaban J connectivity index is 2.25. The molecule has 0 aliphatic heterocycles. The number of nitrogens with one attached hydrogen (secondary N) is 1. The highest BCUT2D eigenvalue weighted by atomic mass is 35.5. The van der Waals surface area contributed by atoms with Crippen molar-refractivity contribution in [2.45, 2.75) is 19.8 Å². The van der Waals surface area contributed by atoms with Crippen molar-refractivity contribution >= 4 is 45.4 Å². The molecule has 0 unspecified atom stereocenters. The van der Waals surface area contributed by atoms with Gasteiger partial charge >= 0.3 is 0 Å². The zero-order chi connectivity index (χ0) is 17.6. The molecule has 3 N–H and O–H groups in total. The third-order valence-electron chi connectivity index (χ3n) is 3.80. The Labute approximate surface area is 145 Å². The quantitative estimate of drug-likeness (QED) is 0.642. The lowest BCUT2D eigenvalue weighted by Gasteiger charge is -2.17. The first-order valence-electron chi connectivity index (χ1n) is 6.99. The first kappa shape index (κ1) is 16.4. The van der Waals surface area contributed by atoms with Crippen molar-refractivity contribution in [3.05, 3.63) is 44.0 Å². The van der Waals surface area contributed by atoms with Gasteiger partial charge in [-0.3, -0.25) is 19.7 Å². The number of aryl methyl sites for hydroxylation is 1. The lowest BCUT2D eigenvalue weighted by Crippen LogP contribution is -2.17. The Bertz CT molecular complexity index is 907. The summed E-state index contributed by atoms with van der Waals surface area (Å²) in [5.74, 6) is -0.957. The van der Waals surface area contributed by atoms with Gasteiger partial charge in [-0.1, -0.05) is 11.6 Å². The molecule has 1 aromatic carbocycles. The Hall–Kier alpha value is -2.45. The van der Waals surface area contributed by atoms with Crippen molar-refractivity contribution in [3.63, 3.8) is 0 Å². The molecule has 0 atom stereocenters. The molecule has 0 bridgehead atoms. The molecule has 3 rings (SSSR count). The summed E-state index contributed by atoms with van der Waals surface area (Å²) < 4.78 is 0. The predicted octanol–water partition coefficient (Wildman–Crippen LogP) is 3.13. The van der Waals surface area contributed by atoms with E-state index in [-0.39, 0.29) is 22.2 Å². The van der Waals surface area contributed by atoms with E-state index in [0.29, 0.717) is 33.8 Å². The van der Waals surface area contributed by atoms with Gasteiger partial charge in [0.15, 0.2) is 0 Å². The molecule has 0 radical (unpaired) electrons. The van der Waals surface area contributed by atoms with Gasteiger partial charge in [0.25, 0.3) is 11.6 Å². The number of carbonyl (C=O) groups excluding carboxylic acids is 2. The van der Waals surface area contributed by atoms with Crippen molar-refractivity contribution in [3.8, 4) is 10.4 Å². The molecule has 24 heavy (non-hydrogen) atoms. The van der Waals surface area contributed by atoms with E-state index in [2.05, 4.69) is 5.32 Å². The molecule has 0 saturated heterocycles. The average molecular weight is 366 g/mol. The molecule has 1 aromatic heterocycles. The number of amides is 2. The molecular weight excluding hydrogens is 354 g/mol. The van der Waals surface area contributed by atoms with Crippen LogP contribution in [0.3, 0.4) is 0 Å². The van der Waals surface area contributed by atoms with Crippen molar-refractivity contribution < 1.29 is 14.5 Å². The van der Waals surface area contributed by atoms with Crippen LogP contribution in [0.15, 0.2) is 12.1 Å². The average Bonchev–Trinajstić information content (AvgIpc) is 2.83. The van der Waals surface area contributed by atoms with Crippen molar-refractivity contribution in [2.24, 2.45) is 5.73 Å². The number of nitro groups is 1. The van der Waals surface area contributed by atoms with E-state index in [9.17, 15) is 19.7 Å². The maximum atomic E-state index is 11.8. The van der Waals surface area contributed by atoms with Gasteiger partial charge in [0.1, 0.15) is 10.0 Å². The molecule has 0 saturated carbocycles. The summed E-state index contributed by atoms with van der Waals surface area (Å²) >= 11 is 7.16. The molecule has 1 aliphatic carbocycles. The van der Waals surface area contributed by atoms with Gasteiger partial charge in [-0.25, -0.2) is 0 Å². The topological polar surface area (TPSA) is 115 Å². The summed E-state index contributed by atoms with van der Waals surface area (Å²) in [6, 6.07) is 2.99. The van der Waals surface area contributed by atoms with Crippen LogP contribution in [-0.4, -0.2) is 16.7 Å². The zero-order valence-corrected chi connectivity index (χ0v) is 14.1. The number of hydrogen-bond acceptors (Lipinski definition) is 5. The van der Waals surface area contributed by atoms with E-state index in [1.54, 1.807) is 6.07 Å². The number of rotatable bonds is 3. The smallest absolute Gasteiger partial charge is 0.288 e. The van der Waals surface area contributed by atoms with E-state index in [0.717, 1.165) is 5.56 Å². The van der Waals surface area contributed by atoms with Crippen molar-refractivity contribution in [1.82, 2.24) is 0 Å². The van der Waals surface area contributed by atoms with E-state index in [1.807, 2.05) is 0 Å².